The van der Waals surface area contributed by atoms with Crippen LogP contribution in [0.1, 0.15) is 21.7 Å². The van der Waals surface area contributed by atoms with Crippen molar-refractivity contribution in [2.75, 3.05) is 13.3 Å². The van der Waals surface area contributed by atoms with Crippen LogP contribution in [-0.2, 0) is 12.3 Å². The van der Waals surface area contributed by atoms with Gasteiger partial charge in [-0.05, 0) is 24.0 Å². The molecule has 0 aliphatic heterocycles. The van der Waals surface area contributed by atoms with E-state index in [0.29, 0.717) is 6.54 Å². The molecule has 4 nitrogen and oxygen atoms in total. The van der Waals surface area contributed by atoms with E-state index >= 15 is 0 Å². The van der Waals surface area contributed by atoms with Crippen LogP contribution in [0, 0.1) is 0 Å². The second-order valence-corrected chi connectivity index (χ2v) is 5.20. The Hall–Kier alpha value is -1.75. The molecule has 0 fully saturated rings. The van der Waals surface area contributed by atoms with Gasteiger partial charge in [-0.25, -0.2) is 4.98 Å². The van der Waals surface area contributed by atoms with Crippen molar-refractivity contribution in [3.05, 3.63) is 53.6 Å². The van der Waals surface area contributed by atoms with Crippen molar-refractivity contribution in [3.8, 4) is 0 Å². The highest BCUT2D eigenvalue weighted by Gasteiger charge is 2.13. The number of rotatable bonds is 5. The number of benzene rings is 1. The zero-order valence-corrected chi connectivity index (χ0v) is 11.9. The highest BCUT2D eigenvalue weighted by Crippen LogP contribution is 2.13. The van der Waals surface area contributed by atoms with Gasteiger partial charge in [-0.1, -0.05) is 12.1 Å². The summed E-state index contributed by atoms with van der Waals surface area (Å²) in [6, 6.07) is 7.78. The Bertz CT molecular complexity index is 539. The van der Waals surface area contributed by atoms with Gasteiger partial charge >= 0.3 is 0 Å². The average Bonchev–Trinajstić information content (AvgIpc) is 2.91. The summed E-state index contributed by atoms with van der Waals surface area (Å²) in [5.74, 6) is 1.72. The van der Waals surface area contributed by atoms with Crippen LogP contribution in [0.25, 0.3) is 0 Å². The molecule has 0 bridgehead atoms. The first-order valence-electron chi connectivity index (χ1n) is 6.02. The standard InChI is InChI=1S/C14H17N3OS/c1-17(9-13-15-6-7-16-13)14(18)12-5-3-4-11(8-12)10-19-2/h3-8H,9-10H2,1-2H3,(H,15,16). The second kappa shape index (κ2) is 6.43. The lowest BCUT2D eigenvalue weighted by molar-refractivity contribution is 0.0782. The van der Waals surface area contributed by atoms with Gasteiger partial charge in [0.15, 0.2) is 0 Å². The van der Waals surface area contributed by atoms with Crippen LogP contribution in [0.3, 0.4) is 0 Å². The SMILES string of the molecule is CSCc1cccc(C(=O)N(C)Cc2ncc[nH]2)c1. The molecule has 2 rings (SSSR count). The number of carbonyl (C=O) groups is 1. The molecule has 1 heterocycles. The summed E-state index contributed by atoms with van der Waals surface area (Å²) in [4.78, 5) is 21.1. The molecule has 0 radical (unpaired) electrons. The average molecular weight is 275 g/mol. The van der Waals surface area contributed by atoms with Crippen LogP contribution in [0.4, 0.5) is 0 Å². The lowest BCUT2D eigenvalue weighted by atomic mass is 10.1. The maximum absolute atomic E-state index is 12.3. The van der Waals surface area contributed by atoms with Crippen molar-refractivity contribution in [2.45, 2.75) is 12.3 Å². The van der Waals surface area contributed by atoms with Gasteiger partial charge in [0.2, 0.25) is 0 Å². The van der Waals surface area contributed by atoms with E-state index in [9.17, 15) is 4.79 Å². The van der Waals surface area contributed by atoms with Gasteiger partial charge in [-0.3, -0.25) is 4.79 Å². The summed E-state index contributed by atoms with van der Waals surface area (Å²) < 4.78 is 0. The number of hydrogen-bond acceptors (Lipinski definition) is 3. The molecule has 100 valence electrons. The predicted octanol–water partition coefficient (Wildman–Crippen LogP) is 2.54. The van der Waals surface area contributed by atoms with Crippen molar-refractivity contribution in [1.82, 2.24) is 14.9 Å². The summed E-state index contributed by atoms with van der Waals surface area (Å²) >= 11 is 1.75. The molecule has 1 amide bonds. The number of imidazole rings is 1. The molecule has 19 heavy (non-hydrogen) atoms. The van der Waals surface area contributed by atoms with Gasteiger partial charge in [-0.2, -0.15) is 11.8 Å². The molecule has 0 atom stereocenters. The third kappa shape index (κ3) is 3.61. The highest BCUT2D eigenvalue weighted by molar-refractivity contribution is 7.97. The van der Waals surface area contributed by atoms with Gasteiger partial charge in [0.25, 0.3) is 5.91 Å². The number of hydrogen-bond donors (Lipinski definition) is 1. The van der Waals surface area contributed by atoms with E-state index in [4.69, 9.17) is 0 Å². The van der Waals surface area contributed by atoms with E-state index in [1.165, 1.54) is 5.56 Å². The molecule has 0 saturated carbocycles. The van der Waals surface area contributed by atoms with E-state index < -0.39 is 0 Å². The predicted molar refractivity (Wildman–Crippen MR) is 78.0 cm³/mol. The van der Waals surface area contributed by atoms with Crippen molar-refractivity contribution in [2.24, 2.45) is 0 Å². The van der Waals surface area contributed by atoms with Crippen LogP contribution in [0.2, 0.25) is 0 Å². The van der Waals surface area contributed by atoms with E-state index in [1.807, 2.05) is 24.3 Å². The monoisotopic (exact) mass is 275 g/mol. The molecular weight excluding hydrogens is 258 g/mol. The van der Waals surface area contributed by atoms with Gasteiger partial charge in [0.1, 0.15) is 5.82 Å². The molecule has 5 heteroatoms. The van der Waals surface area contributed by atoms with E-state index in [0.717, 1.165) is 17.1 Å². The molecule has 0 aliphatic carbocycles. The summed E-state index contributed by atoms with van der Waals surface area (Å²) in [6.07, 6.45) is 5.50. The Labute approximate surface area is 117 Å². The zero-order chi connectivity index (χ0) is 13.7. The molecule has 0 saturated heterocycles. The fourth-order valence-corrected chi connectivity index (χ4v) is 2.37. The quantitative estimate of drug-likeness (QED) is 0.912. The van der Waals surface area contributed by atoms with Gasteiger partial charge < -0.3 is 9.88 Å². The van der Waals surface area contributed by atoms with Crippen molar-refractivity contribution in [1.29, 1.82) is 0 Å². The van der Waals surface area contributed by atoms with Crippen molar-refractivity contribution < 1.29 is 4.79 Å². The molecule has 0 aliphatic rings. The van der Waals surface area contributed by atoms with Crippen LogP contribution in [0.5, 0.6) is 0 Å². The van der Waals surface area contributed by atoms with Crippen LogP contribution < -0.4 is 0 Å². The molecule has 1 aromatic carbocycles. The molecule has 0 spiro atoms. The lowest BCUT2D eigenvalue weighted by Gasteiger charge is -2.16. The maximum Gasteiger partial charge on any atom is 0.254 e. The molecule has 1 aromatic heterocycles. The van der Waals surface area contributed by atoms with Gasteiger partial charge in [-0.15, -0.1) is 0 Å². The molecule has 1 N–H and O–H groups in total. The van der Waals surface area contributed by atoms with E-state index in [-0.39, 0.29) is 5.91 Å². The normalized spacial score (nSPS) is 10.4. The summed E-state index contributed by atoms with van der Waals surface area (Å²) in [6.45, 7) is 0.485. The zero-order valence-electron chi connectivity index (χ0n) is 11.1. The molecular formula is C14H17N3OS. The summed E-state index contributed by atoms with van der Waals surface area (Å²) in [7, 11) is 1.78. The van der Waals surface area contributed by atoms with Crippen LogP contribution >= 0.6 is 11.8 Å². The Morgan fingerprint density at radius 1 is 1.47 bits per heavy atom. The van der Waals surface area contributed by atoms with Gasteiger partial charge in [0, 0.05) is 30.8 Å². The molecule has 2 aromatic rings. The number of nitrogens with one attached hydrogen (secondary N) is 1. The van der Waals surface area contributed by atoms with Crippen molar-refractivity contribution >= 4 is 17.7 Å². The number of carbonyl (C=O) groups excluding carboxylic acids is 1. The van der Waals surface area contributed by atoms with Crippen LogP contribution in [-0.4, -0.2) is 34.1 Å². The summed E-state index contributed by atoms with van der Waals surface area (Å²) in [5.41, 5.74) is 1.89. The Balaban J connectivity index is 2.08. The first-order valence-corrected chi connectivity index (χ1v) is 7.41. The fourth-order valence-electron chi connectivity index (χ4n) is 1.86. The highest BCUT2D eigenvalue weighted by atomic mass is 32.2. The Morgan fingerprint density at radius 2 is 2.32 bits per heavy atom. The first kappa shape index (κ1) is 13.7. The fraction of sp³-hybridized carbons (Fsp3) is 0.286. The third-order valence-electron chi connectivity index (χ3n) is 2.77. The van der Waals surface area contributed by atoms with Crippen LogP contribution in [0.15, 0.2) is 36.7 Å². The minimum absolute atomic E-state index is 0.0133. The Kier molecular flexibility index (Phi) is 4.63. The smallest absolute Gasteiger partial charge is 0.254 e. The van der Waals surface area contributed by atoms with Crippen molar-refractivity contribution in [3.63, 3.8) is 0 Å². The minimum atomic E-state index is 0.0133. The van der Waals surface area contributed by atoms with E-state index in [2.05, 4.69) is 16.2 Å². The van der Waals surface area contributed by atoms with Gasteiger partial charge in [0.05, 0.1) is 6.54 Å². The number of thioether (sulfide) groups is 1. The number of aromatic amines is 1. The second-order valence-electron chi connectivity index (χ2n) is 4.33. The number of H-pyrrole nitrogens is 1. The largest absolute Gasteiger partial charge is 0.347 e. The Morgan fingerprint density at radius 3 is 3.00 bits per heavy atom. The van der Waals surface area contributed by atoms with E-state index in [1.54, 1.807) is 36.1 Å². The number of nitrogens with zero attached hydrogens (tertiary/aromatic N) is 2. The molecule has 0 unspecified atom stereocenters. The third-order valence-corrected chi connectivity index (χ3v) is 3.40. The minimum Gasteiger partial charge on any atom is -0.347 e. The number of amides is 1. The maximum atomic E-state index is 12.3. The lowest BCUT2D eigenvalue weighted by Crippen LogP contribution is -2.26. The first-order chi connectivity index (χ1) is 9.20. The number of aromatic nitrogens is 2. The topological polar surface area (TPSA) is 49.0 Å². The summed E-state index contributed by atoms with van der Waals surface area (Å²) in [5, 5.41) is 0.